The zero-order valence-electron chi connectivity index (χ0n) is 15.1. The average Bonchev–Trinajstić information content (AvgIpc) is 3.11. The van der Waals surface area contributed by atoms with Crippen LogP contribution in [-0.4, -0.2) is 34.7 Å². The molecule has 0 spiro atoms. The van der Waals surface area contributed by atoms with Crippen molar-refractivity contribution in [2.75, 3.05) is 19.6 Å². The van der Waals surface area contributed by atoms with E-state index in [1.165, 1.54) is 5.56 Å². The lowest BCUT2D eigenvalue weighted by atomic mass is 10.0. The van der Waals surface area contributed by atoms with Gasteiger partial charge in [-0.1, -0.05) is 47.1 Å². The molecule has 2 heterocycles. The van der Waals surface area contributed by atoms with Gasteiger partial charge in [0.1, 0.15) is 0 Å². The summed E-state index contributed by atoms with van der Waals surface area (Å²) in [6.07, 6.45) is 0. The second kappa shape index (κ2) is 8.85. The van der Waals surface area contributed by atoms with E-state index in [9.17, 15) is 0 Å². The van der Waals surface area contributed by atoms with Crippen LogP contribution in [0.5, 0.6) is 0 Å². The zero-order valence-corrected chi connectivity index (χ0v) is 16.6. The highest BCUT2D eigenvalue weighted by molar-refractivity contribution is 6.30. The maximum Gasteiger partial charge on any atom is 0.258 e. The van der Waals surface area contributed by atoms with Gasteiger partial charge >= 0.3 is 0 Å². The van der Waals surface area contributed by atoms with Gasteiger partial charge in [0.15, 0.2) is 5.82 Å². The van der Waals surface area contributed by atoms with Crippen LogP contribution in [0.4, 0.5) is 0 Å². The number of aryl methyl sites for hydroxylation is 1. The van der Waals surface area contributed by atoms with E-state index in [1.807, 2.05) is 49.4 Å². The van der Waals surface area contributed by atoms with E-state index < -0.39 is 0 Å². The molecular formula is C20H22Cl2N4O. The van der Waals surface area contributed by atoms with Crippen LogP contribution in [0.1, 0.15) is 23.0 Å². The van der Waals surface area contributed by atoms with Gasteiger partial charge in [-0.3, -0.25) is 4.90 Å². The normalized spacial score (nSPS) is 17.5. The van der Waals surface area contributed by atoms with Crippen LogP contribution >= 0.6 is 24.0 Å². The van der Waals surface area contributed by atoms with E-state index in [-0.39, 0.29) is 18.4 Å². The molecule has 0 bridgehead atoms. The van der Waals surface area contributed by atoms with Crippen LogP contribution in [0.25, 0.3) is 11.5 Å². The van der Waals surface area contributed by atoms with E-state index in [1.54, 1.807) is 0 Å². The number of rotatable bonds is 4. The van der Waals surface area contributed by atoms with Crippen molar-refractivity contribution in [1.82, 2.24) is 20.4 Å². The Morgan fingerprint density at radius 2 is 2.07 bits per heavy atom. The Labute approximate surface area is 170 Å². The summed E-state index contributed by atoms with van der Waals surface area (Å²) in [6.45, 7) is 5.44. The van der Waals surface area contributed by atoms with E-state index in [0.717, 1.165) is 35.8 Å². The van der Waals surface area contributed by atoms with Crippen molar-refractivity contribution in [2.45, 2.75) is 19.5 Å². The molecule has 0 radical (unpaired) electrons. The van der Waals surface area contributed by atoms with Crippen molar-refractivity contribution in [1.29, 1.82) is 0 Å². The minimum atomic E-state index is 0. The molecule has 1 saturated heterocycles. The number of piperazine rings is 1. The molecule has 1 N–H and O–H groups in total. The molecule has 7 heteroatoms. The Morgan fingerprint density at radius 1 is 1.22 bits per heavy atom. The van der Waals surface area contributed by atoms with Crippen LogP contribution in [0.2, 0.25) is 5.02 Å². The molecule has 0 amide bonds. The monoisotopic (exact) mass is 404 g/mol. The number of halogens is 2. The SMILES string of the molecule is Cc1ccccc1-c1nc(CN2CCNCC2c2cccc(Cl)c2)no1.Cl. The van der Waals surface area contributed by atoms with Gasteiger partial charge < -0.3 is 9.84 Å². The van der Waals surface area contributed by atoms with Gasteiger partial charge in [0.2, 0.25) is 0 Å². The first-order valence-electron chi connectivity index (χ1n) is 8.79. The molecule has 2 aromatic carbocycles. The van der Waals surface area contributed by atoms with Crippen molar-refractivity contribution in [3.63, 3.8) is 0 Å². The fourth-order valence-electron chi connectivity index (χ4n) is 3.40. The van der Waals surface area contributed by atoms with Crippen LogP contribution in [0, 0.1) is 6.92 Å². The average molecular weight is 405 g/mol. The van der Waals surface area contributed by atoms with E-state index in [4.69, 9.17) is 16.1 Å². The Bertz CT molecular complexity index is 899. The second-order valence-electron chi connectivity index (χ2n) is 6.58. The molecule has 3 aromatic rings. The van der Waals surface area contributed by atoms with Gasteiger partial charge in [0.05, 0.1) is 6.54 Å². The number of hydrogen-bond donors (Lipinski definition) is 1. The highest BCUT2D eigenvalue weighted by atomic mass is 35.5. The first-order valence-corrected chi connectivity index (χ1v) is 9.17. The van der Waals surface area contributed by atoms with Crippen LogP contribution in [0.15, 0.2) is 53.1 Å². The van der Waals surface area contributed by atoms with E-state index in [0.29, 0.717) is 18.3 Å². The molecule has 5 nitrogen and oxygen atoms in total. The van der Waals surface area contributed by atoms with Crippen LogP contribution in [-0.2, 0) is 6.54 Å². The van der Waals surface area contributed by atoms with E-state index in [2.05, 4.69) is 26.4 Å². The third-order valence-electron chi connectivity index (χ3n) is 4.78. The van der Waals surface area contributed by atoms with Crippen molar-refractivity contribution in [2.24, 2.45) is 0 Å². The largest absolute Gasteiger partial charge is 0.334 e. The van der Waals surface area contributed by atoms with Gasteiger partial charge in [-0.05, 0) is 36.2 Å². The quantitative estimate of drug-likeness (QED) is 0.703. The van der Waals surface area contributed by atoms with Crippen molar-refractivity contribution >= 4 is 24.0 Å². The molecule has 1 unspecified atom stereocenters. The molecule has 1 aliphatic heterocycles. The van der Waals surface area contributed by atoms with Crippen molar-refractivity contribution < 1.29 is 4.52 Å². The van der Waals surface area contributed by atoms with Gasteiger partial charge in [-0.25, -0.2) is 0 Å². The Balaban J connectivity index is 0.00000210. The summed E-state index contributed by atoms with van der Waals surface area (Å²) in [4.78, 5) is 6.98. The summed E-state index contributed by atoms with van der Waals surface area (Å²) in [7, 11) is 0. The molecule has 1 aromatic heterocycles. The summed E-state index contributed by atoms with van der Waals surface area (Å²) in [5.41, 5.74) is 3.31. The number of nitrogens with one attached hydrogen (secondary N) is 1. The zero-order chi connectivity index (χ0) is 17.9. The van der Waals surface area contributed by atoms with Gasteiger partial charge in [-0.15, -0.1) is 12.4 Å². The number of benzene rings is 2. The first kappa shape index (κ1) is 19.8. The fourth-order valence-corrected chi connectivity index (χ4v) is 3.60. The second-order valence-corrected chi connectivity index (χ2v) is 7.01. The lowest BCUT2D eigenvalue weighted by Gasteiger charge is -2.35. The van der Waals surface area contributed by atoms with Gasteiger partial charge in [-0.2, -0.15) is 4.98 Å². The predicted molar refractivity (Wildman–Crippen MR) is 109 cm³/mol. The Kier molecular flexibility index (Phi) is 6.50. The summed E-state index contributed by atoms with van der Waals surface area (Å²) in [6, 6.07) is 16.3. The molecule has 27 heavy (non-hydrogen) atoms. The lowest BCUT2D eigenvalue weighted by Crippen LogP contribution is -2.45. The highest BCUT2D eigenvalue weighted by Gasteiger charge is 2.25. The minimum absolute atomic E-state index is 0. The number of nitrogens with zero attached hydrogens (tertiary/aromatic N) is 3. The molecule has 1 fully saturated rings. The van der Waals surface area contributed by atoms with Crippen LogP contribution in [0.3, 0.4) is 0 Å². The summed E-state index contributed by atoms with van der Waals surface area (Å²) >= 11 is 6.18. The smallest absolute Gasteiger partial charge is 0.258 e. The predicted octanol–water partition coefficient (Wildman–Crippen LogP) is 4.27. The van der Waals surface area contributed by atoms with Crippen molar-refractivity contribution in [3.05, 3.63) is 70.5 Å². The maximum atomic E-state index is 6.18. The topological polar surface area (TPSA) is 54.2 Å². The number of aromatic nitrogens is 2. The first-order chi connectivity index (χ1) is 12.7. The van der Waals surface area contributed by atoms with E-state index >= 15 is 0 Å². The van der Waals surface area contributed by atoms with Crippen molar-refractivity contribution in [3.8, 4) is 11.5 Å². The third-order valence-corrected chi connectivity index (χ3v) is 5.01. The van der Waals surface area contributed by atoms with Gasteiger partial charge in [0.25, 0.3) is 5.89 Å². The summed E-state index contributed by atoms with van der Waals surface area (Å²) in [5.74, 6) is 1.28. The molecular weight excluding hydrogens is 383 g/mol. The third kappa shape index (κ3) is 4.50. The number of hydrogen-bond acceptors (Lipinski definition) is 5. The lowest BCUT2D eigenvalue weighted by molar-refractivity contribution is 0.148. The summed E-state index contributed by atoms with van der Waals surface area (Å²) in [5, 5.41) is 8.42. The minimum Gasteiger partial charge on any atom is -0.334 e. The molecule has 1 aliphatic rings. The Hall–Kier alpha value is -1.92. The molecule has 1 atom stereocenters. The fraction of sp³-hybridized carbons (Fsp3) is 0.300. The van der Waals surface area contributed by atoms with Crippen LogP contribution < -0.4 is 5.32 Å². The molecule has 4 rings (SSSR count). The highest BCUT2D eigenvalue weighted by Crippen LogP contribution is 2.27. The maximum absolute atomic E-state index is 6.18. The summed E-state index contributed by atoms with van der Waals surface area (Å²) < 4.78 is 5.51. The molecule has 0 aliphatic carbocycles. The Morgan fingerprint density at radius 3 is 2.89 bits per heavy atom. The molecule has 0 saturated carbocycles. The molecule has 142 valence electrons. The van der Waals surface area contributed by atoms with Gasteiger partial charge in [0, 0.05) is 36.3 Å². The standard InChI is InChI=1S/C20H21ClN4O.ClH/c1-14-5-2-3-8-17(14)20-23-19(24-26-20)13-25-10-9-22-12-18(25)15-6-4-7-16(21)11-15;/h2-8,11,18,22H,9-10,12-13H2,1H3;1H.